The van der Waals surface area contributed by atoms with Crippen molar-refractivity contribution in [3.8, 4) is 0 Å². The first-order valence-corrected chi connectivity index (χ1v) is 5.58. The SMILES string of the molecule is CCC=C(CCCCCC)OC(C)=O. The average molecular weight is 198 g/mol. The van der Waals surface area contributed by atoms with Crippen LogP contribution in [0.15, 0.2) is 11.8 Å². The fourth-order valence-electron chi connectivity index (χ4n) is 1.33. The van der Waals surface area contributed by atoms with E-state index in [1.54, 1.807) is 0 Å². The number of esters is 1. The third kappa shape index (κ3) is 7.84. The van der Waals surface area contributed by atoms with Crippen molar-refractivity contribution in [1.82, 2.24) is 0 Å². The molecule has 0 spiro atoms. The minimum atomic E-state index is -0.208. The normalized spacial score (nSPS) is 11.5. The van der Waals surface area contributed by atoms with Gasteiger partial charge >= 0.3 is 5.97 Å². The zero-order valence-corrected chi connectivity index (χ0v) is 9.64. The molecule has 0 aliphatic heterocycles. The number of rotatable bonds is 7. The highest BCUT2D eigenvalue weighted by molar-refractivity contribution is 5.67. The summed E-state index contributed by atoms with van der Waals surface area (Å²) < 4.78 is 5.09. The van der Waals surface area contributed by atoms with Crippen LogP contribution in [0.3, 0.4) is 0 Å². The molecule has 0 amide bonds. The summed E-state index contributed by atoms with van der Waals surface area (Å²) in [6.07, 6.45) is 8.66. The molecule has 14 heavy (non-hydrogen) atoms. The third-order valence-electron chi connectivity index (χ3n) is 1.98. The van der Waals surface area contributed by atoms with Crippen LogP contribution in [-0.2, 0) is 9.53 Å². The van der Waals surface area contributed by atoms with Gasteiger partial charge in [-0.05, 0) is 18.9 Å². The van der Waals surface area contributed by atoms with Gasteiger partial charge in [0.25, 0.3) is 0 Å². The van der Waals surface area contributed by atoms with Gasteiger partial charge in [0.2, 0.25) is 0 Å². The highest BCUT2D eigenvalue weighted by atomic mass is 16.5. The Balaban J connectivity index is 3.74. The van der Waals surface area contributed by atoms with Crippen LogP contribution in [0.25, 0.3) is 0 Å². The van der Waals surface area contributed by atoms with Crippen molar-refractivity contribution in [3.63, 3.8) is 0 Å². The van der Waals surface area contributed by atoms with Crippen LogP contribution < -0.4 is 0 Å². The maximum Gasteiger partial charge on any atom is 0.307 e. The van der Waals surface area contributed by atoms with Crippen molar-refractivity contribution in [3.05, 3.63) is 11.8 Å². The number of hydrogen-bond donors (Lipinski definition) is 0. The summed E-state index contributed by atoms with van der Waals surface area (Å²) in [5, 5.41) is 0. The van der Waals surface area contributed by atoms with E-state index >= 15 is 0 Å². The topological polar surface area (TPSA) is 26.3 Å². The first-order chi connectivity index (χ1) is 6.70. The highest BCUT2D eigenvalue weighted by Gasteiger charge is 2.01. The van der Waals surface area contributed by atoms with Crippen molar-refractivity contribution in [1.29, 1.82) is 0 Å². The minimum Gasteiger partial charge on any atom is -0.432 e. The van der Waals surface area contributed by atoms with Crippen molar-refractivity contribution in [2.24, 2.45) is 0 Å². The second-order valence-electron chi connectivity index (χ2n) is 3.48. The Labute approximate surface area is 87.3 Å². The summed E-state index contributed by atoms with van der Waals surface area (Å²) in [5.74, 6) is 0.635. The van der Waals surface area contributed by atoms with Crippen LogP contribution in [0.2, 0.25) is 0 Å². The summed E-state index contributed by atoms with van der Waals surface area (Å²) in [5.41, 5.74) is 0. The van der Waals surface area contributed by atoms with Gasteiger partial charge in [0.05, 0.1) is 0 Å². The Kier molecular flexibility index (Phi) is 8.30. The Bertz CT molecular complexity index is 183. The van der Waals surface area contributed by atoms with Crippen molar-refractivity contribution < 1.29 is 9.53 Å². The molecule has 0 unspecified atom stereocenters. The van der Waals surface area contributed by atoms with Gasteiger partial charge < -0.3 is 4.74 Å². The average Bonchev–Trinajstić information content (AvgIpc) is 2.12. The quantitative estimate of drug-likeness (QED) is 0.353. The standard InChI is InChI=1S/C12H22O2/c1-4-6-7-8-10-12(9-5-2)14-11(3)13/h9H,4-8,10H2,1-3H3. The largest absolute Gasteiger partial charge is 0.432 e. The number of carbonyl (C=O) groups is 1. The van der Waals surface area contributed by atoms with Crippen molar-refractivity contribution in [2.75, 3.05) is 0 Å². The molecule has 0 aliphatic rings. The lowest BCUT2D eigenvalue weighted by Gasteiger charge is -2.06. The van der Waals surface area contributed by atoms with Crippen LogP contribution in [0.5, 0.6) is 0 Å². The van der Waals surface area contributed by atoms with Gasteiger partial charge in [0, 0.05) is 13.3 Å². The fourth-order valence-corrected chi connectivity index (χ4v) is 1.33. The van der Waals surface area contributed by atoms with E-state index in [1.807, 2.05) is 6.08 Å². The Morgan fingerprint density at radius 2 is 1.93 bits per heavy atom. The first-order valence-electron chi connectivity index (χ1n) is 5.58. The van der Waals surface area contributed by atoms with E-state index in [4.69, 9.17) is 4.74 Å². The minimum absolute atomic E-state index is 0.208. The molecule has 0 aromatic rings. The van der Waals surface area contributed by atoms with E-state index in [1.165, 1.54) is 26.2 Å². The maximum atomic E-state index is 10.8. The van der Waals surface area contributed by atoms with E-state index in [-0.39, 0.29) is 5.97 Å². The molecule has 0 N–H and O–H groups in total. The molecule has 0 saturated carbocycles. The molecule has 0 fully saturated rings. The number of hydrogen-bond acceptors (Lipinski definition) is 2. The summed E-state index contributed by atoms with van der Waals surface area (Å²) in [6.45, 7) is 5.69. The third-order valence-corrected chi connectivity index (χ3v) is 1.98. The van der Waals surface area contributed by atoms with Crippen LogP contribution in [0, 0.1) is 0 Å². The van der Waals surface area contributed by atoms with Crippen molar-refractivity contribution >= 4 is 5.97 Å². The van der Waals surface area contributed by atoms with Crippen molar-refractivity contribution in [2.45, 2.75) is 59.3 Å². The zero-order chi connectivity index (χ0) is 10.8. The molecule has 0 aromatic carbocycles. The summed E-state index contributed by atoms with van der Waals surface area (Å²) in [7, 11) is 0. The molecule has 82 valence electrons. The van der Waals surface area contributed by atoms with Crippen LogP contribution in [0.1, 0.15) is 59.3 Å². The monoisotopic (exact) mass is 198 g/mol. The van der Waals surface area contributed by atoms with E-state index in [0.29, 0.717) is 0 Å². The molecular weight excluding hydrogens is 176 g/mol. The fraction of sp³-hybridized carbons (Fsp3) is 0.750. The molecule has 0 aromatic heterocycles. The predicted octanol–water partition coefficient (Wildman–Crippen LogP) is 3.81. The second kappa shape index (κ2) is 8.79. The predicted molar refractivity (Wildman–Crippen MR) is 58.9 cm³/mol. The lowest BCUT2D eigenvalue weighted by Crippen LogP contribution is -1.99. The smallest absolute Gasteiger partial charge is 0.307 e. The van der Waals surface area contributed by atoms with E-state index < -0.39 is 0 Å². The molecule has 0 saturated heterocycles. The van der Waals surface area contributed by atoms with Gasteiger partial charge in [0.15, 0.2) is 0 Å². The molecule has 0 rings (SSSR count). The number of allylic oxidation sites excluding steroid dienone is 2. The molecule has 0 heterocycles. The van der Waals surface area contributed by atoms with E-state index in [0.717, 1.165) is 25.0 Å². The summed E-state index contributed by atoms with van der Waals surface area (Å²) in [6, 6.07) is 0. The Morgan fingerprint density at radius 1 is 1.21 bits per heavy atom. The molecule has 0 radical (unpaired) electrons. The summed E-state index contributed by atoms with van der Waals surface area (Å²) in [4.78, 5) is 10.8. The highest BCUT2D eigenvalue weighted by Crippen LogP contribution is 2.12. The summed E-state index contributed by atoms with van der Waals surface area (Å²) >= 11 is 0. The van der Waals surface area contributed by atoms with Crippen LogP contribution >= 0.6 is 0 Å². The van der Waals surface area contributed by atoms with Gasteiger partial charge in [-0.3, -0.25) is 4.79 Å². The van der Waals surface area contributed by atoms with Crippen LogP contribution in [0.4, 0.5) is 0 Å². The number of unbranched alkanes of at least 4 members (excludes halogenated alkanes) is 3. The number of ether oxygens (including phenoxy) is 1. The van der Waals surface area contributed by atoms with Gasteiger partial charge in [-0.2, -0.15) is 0 Å². The van der Waals surface area contributed by atoms with Crippen LogP contribution in [-0.4, -0.2) is 5.97 Å². The lowest BCUT2D eigenvalue weighted by molar-refractivity contribution is -0.137. The Morgan fingerprint density at radius 3 is 2.43 bits per heavy atom. The van der Waals surface area contributed by atoms with Gasteiger partial charge in [-0.1, -0.05) is 33.1 Å². The maximum absolute atomic E-state index is 10.8. The molecule has 0 atom stereocenters. The lowest BCUT2D eigenvalue weighted by atomic mass is 10.1. The molecule has 0 bridgehead atoms. The second-order valence-corrected chi connectivity index (χ2v) is 3.48. The molecule has 2 nitrogen and oxygen atoms in total. The van der Waals surface area contributed by atoms with Gasteiger partial charge in [-0.15, -0.1) is 0 Å². The molecule has 0 aliphatic carbocycles. The number of carbonyl (C=O) groups excluding carboxylic acids is 1. The van der Waals surface area contributed by atoms with Gasteiger partial charge in [0.1, 0.15) is 5.76 Å². The molecular formula is C12H22O2. The van der Waals surface area contributed by atoms with E-state index in [9.17, 15) is 4.79 Å². The van der Waals surface area contributed by atoms with E-state index in [2.05, 4.69) is 13.8 Å². The Hall–Kier alpha value is -0.790. The molecule has 2 heteroatoms. The van der Waals surface area contributed by atoms with Gasteiger partial charge in [-0.25, -0.2) is 0 Å². The first kappa shape index (κ1) is 13.2. The zero-order valence-electron chi connectivity index (χ0n) is 9.64.